The molecule has 0 aliphatic heterocycles. The van der Waals surface area contributed by atoms with E-state index in [0.717, 1.165) is 11.5 Å². The Hall–Kier alpha value is -1.65. The average Bonchev–Trinajstić information content (AvgIpc) is 3.00. The minimum atomic E-state index is -2.59. The Bertz CT molecular complexity index is 918. The summed E-state index contributed by atoms with van der Waals surface area (Å²) in [5, 5.41) is 10.4. The SMILES string of the molecule is COCc1nsc(C(c2cc(Cl)c3cccnc3c2O)S(=O)[O-])n1. The Morgan fingerprint density at radius 3 is 3.04 bits per heavy atom. The van der Waals surface area contributed by atoms with E-state index in [1.165, 1.54) is 19.4 Å². The number of ether oxygens (including phenoxy) is 1. The van der Waals surface area contributed by atoms with Gasteiger partial charge in [0.1, 0.15) is 28.1 Å². The highest BCUT2D eigenvalue weighted by atomic mass is 35.5. The molecule has 0 bridgehead atoms. The number of phenolic OH excluding ortho intramolecular Hbond substituents is 1. The van der Waals surface area contributed by atoms with Gasteiger partial charge in [0.15, 0.2) is 5.82 Å². The van der Waals surface area contributed by atoms with Crippen LogP contribution in [0.4, 0.5) is 0 Å². The summed E-state index contributed by atoms with van der Waals surface area (Å²) in [6, 6.07) is 4.79. The monoisotopic (exact) mass is 384 g/mol. The van der Waals surface area contributed by atoms with Crippen molar-refractivity contribution in [2.45, 2.75) is 11.9 Å². The third kappa shape index (κ3) is 3.13. The van der Waals surface area contributed by atoms with Gasteiger partial charge in [-0.3, -0.25) is 9.19 Å². The van der Waals surface area contributed by atoms with Crippen LogP contribution in [0, 0.1) is 0 Å². The molecule has 126 valence electrons. The van der Waals surface area contributed by atoms with Crippen molar-refractivity contribution in [2.75, 3.05) is 7.11 Å². The molecule has 0 amide bonds. The van der Waals surface area contributed by atoms with E-state index in [4.69, 9.17) is 16.3 Å². The summed E-state index contributed by atoms with van der Waals surface area (Å²) in [5.41, 5.74) is 0.344. The second-order valence-electron chi connectivity index (χ2n) is 4.82. The van der Waals surface area contributed by atoms with Gasteiger partial charge >= 0.3 is 0 Å². The number of hydrogen-bond donors (Lipinski definition) is 1. The van der Waals surface area contributed by atoms with Crippen LogP contribution in [-0.2, 0) is 22.4 Å². The summed E-state index contributed by atoms with van der Waals surface area (Å²) in [7, 11) is 1.49. The maximum Gasteiger partial charge on any atom is 0.168 e. The van der Waals surface area contributed by atoms with Crippen LogP contribution in [0.1, 0.15) is 21.6 Å². The number of halogens is 1. The van der Waals surface area contributed by atoms with Gasteiger partial charge in [0.25, 0.3) is 0 Å². The quantitative estimate of drug-likeness (QED) is 0.673. The van der Waals surface area contributed by atoms with Crippen LogP contribution in [-0.4, -0.2) is 35.3 Å². The van der Waals surface area contributed by atoms with Gasteiger partial charge in [0.05, 0.1) is 5.02 Å². The number of aromatic hydroxyl groups is 1. The summed E-state index contributed by atoms with van der Waals surface area (Å²) in [6.45, 7) is 0.167. The Kier molecular flexibility index (Phi) is 5.07. The van der Waals surface area contributed by atoms with Crippen LogP contribution in [0.15, 0.2) is 24.4 Å². The van der Waals surface area contributed by atoms with Gasteiger partial charge in [-0.25, -0.2) is 4.98 Å². The number of fused-ring (bicyclic) bond motifs is 1. The second kappa shape index (κ2) is 7.08. The van der Waals surface area contributed by atoms with Crippen LogP contribution in [0.5, 0.6) is 5.75 Å². The molecule has 0 aliphatic rings. The van der Waals surface area contributed by atoms with Crippen molar-refractivity contribution in [3.05, 3.63) is 45.8 Å². The molecule has 2 heterocycles. The van der Waals surface area contributed by atoms with Crippen LogP contribution in [0.2, 0.25) is 5.02 Å². The Balaban J connectivity index is 2.17. The molecule has 7 nitrogen and oxygen atoms in total. The first-order chi connectivity index (χ1) is 11.5. The molecule has 0 saturated heterocycles. The maximum atomic E-state index is 11.8. The van der Waals surface area contributed by atoms with E-state index in [-0.39, 0.29) is 28.4 Å². The predicted octanol–water partition coefficient (Wildman–Crippen LogP) is 2.56. The number of rotatable bonds is 5. The zero-order chi connectivity index (χ0) is 17.3. The normalized spacial score (nSPS) is 14.0. The van der Waals surface area contributed by atoms with Gasteiger partial charge in [-0.15, -0.1) is 0 Å². The van der Waals surface area contributed by atoms with Crippen molar-refractivity contribution in [2.24, 2.45) is 0 Å². The molecule has 2 unspecified atom stereocenters. The fourth-order valence-electron chi connectivity index (χ4n) is 2.29. The smallest absolute Gasteiger partial charge is 0.168 e. The first kappa shape index (κ1) is 17.2. The van der Waals surface area contributed by atoms with E-state index in [0.29, 0.717) is 16.2 Å². The summed E-state index contributed by atoms with van der Waals surface area (Å²) in [4.78, 5) is 8.25. The van der Waals surface area contributed by atoms with Crippen molar-refractivity contribution in [3.8, 4) is 5.75 Å². The lowest BCUT2D eigenvalue weighted by Gasteiger charge is -2.19. The summed E-state index contributed by atoms with van der Waals surface area (Å²) in [5.74, 6) is 0.130. The first-order valence-corrected chi connectivity index (χ1v) is 8.97. The topological polar surface area (TPSA) is 108 Å². The lowest BCUT2D eigenvalue weighted by atomic mass is 10.1. The second-order valence-corrected chi connectivity index (χ2v) is 7.00. The van der Waals surface area contributed by atoms with E-state index < -0.39 is 16.3 Å². The Morgan fingerprint density at radius 1 is 1.54 bits per heavy atom. The largest absolute Gasteiger partial charge is 0.772 e. The van der Waals surface area contributed by atoms with Crippen LogP contribution in [0.25, 0.3) is 10.9 Å². The number of aromatic nitrogens is 3. The molecular formula is C14H11ClN3O4S2-. The van der Waals surface area contributed by atoms with E-state index in [1.54, 1.807) is 12.1 Å². The van der Waals surface area contributed by atoms with Gasteiger partial charge in [0.2, 0.25) is 0 Å². The number of hydrogen-bond acceptors (Lipinski definition) is 8. The molecule has 1 aromatic carbocycles. The summed E-state index contributed by atoms with van der Waals surface area (Å²) >= 11 is 4.57. The number of methoxy groups -OCH3 is 1. The van der Waals surface area contributed by atoms with E-state index in [1.807, 2.05) is 0 Å². The standard InChI is InChI=1S/C14H12ClN3O4S2/c1-22-6-10-17-14(23-18-10)13(24(20)21)8-5-9(15)7-3-2-4-16-11(7)12(8)19/h2-5,13,19H,6H2,1H3,(H,20,21)/p-1. The van der Waals surface area contributed by atoms with Crippen molar-refractivity contribution in [1.82, 2.24) is 14.3 Å². The first-order valence-electron chi connectivity index (χ1n) is 6.68. The molecule has 0 fully saturated rings. The highest BCUT2D eigenvalue weighted by Gasteiger charge is 2.25. The molecule has 10 heteroatoms. The molecule has 3 rings (SSSR count). The molecule has 0 spiro atoms. The molecular weight excluding hydrogens is 374 g/mol. The average molecular weight is 385 g/mol. The minimum absolute atomic E-state index is 0.111. The number of pyridine rings is 1. The zero-order valence-corrected chi connectivity index (χ0v) is 14.7. The number of nitrogens with zero attached hydrogens (tertiary/aromatic N) is 3. The van der Waals surface area contributed by atoms with Crippen LogP contribution >= 0.6 is 23.1 Å². The highest BCUT2D eigenvalue weighted by molar-refractivity contribution is 7.79. The van der Waals surface area contributed by atoms with E-state index >= 15 is 0 Å². The number of phenols is 1. The molecule has 3 aromatic rings. The third-order valence-electron chi connectivity index (χ3n) is 3.30. The van der Waals surface area contributed by atoms with Crippen molar-refractivity contribution >= 4 is 45.1 Å². The molecule has 2 aromatic heterocycles. The van der Waals surface area contributed by atoms with Crippen molar-refractivity contribution < 1.29 is 18.6 Å². The molecule has 0 radical (unpaired) electrons. The molecule has 2 atom stereocenters. The maximum absolute atomic E-state index is 11.8. The predicted molar refractivity (Wildman–Crippen MR) is 89.8 cm³/mol. The molecule has 1 N–H and O–H groups in total. The summed E-state index contributed by atoms with van der Waals surface area (Å²) < 4.78 is 32.6. The minimum Gasteiger partial charge on any atom is -0.772 e. The van der Waals surface area contributed by atoms with Crippen molar-refractivity contribution in [1.29, 1.82) is 0 Å². The van der Waals surface area contributed by atoms with Crippen LogP contribution < -0.4 is 0 Å². The molecule has 0 aliphatic carbocycles. The van der Waals surface area contributed by atoms with Gasteiger partial charge in [0, 0.05) is 24.3 Å². The lowest BCUT2D eigenvalue weighted by molar-refractivity contribution is 0.178. The fourth-order valence-corrected chi connectivity index (χ4v) is 4.19. The Labute approximate surface area is 148 Å². The van der Waals surface area contributed by atoms with Gasteiger partial charge in [-0.05, 0) is 40.8 Å². The van der Waals surface area contributed by atoms with Crippen LogP contribution in [0.3, 0.4) is 0 Å². The zero-order valence-electron chi connectivity index (χ0n) is 12.3. The van der Waals surface area contributed by atoms with Gasteiger partial charge < -0.3 is 14.4 Å². The fraction of sp³-hybridized carbons (Fsp3) is 0.214. The van der Waals surface area contributed by atoms with E-state index in [2.05, 4.69) is 14.3 Å². The number of benzene rings is 1. The Morgan fingerprint density at radius 2 is 2.33 bits per heavy atom. The third-order valence-corrected chi connectivity index (χ3v) is 5.44. The van der Waals surface area contributed by atoms with E-state index in [9.17, 15) is 13.9 Å². The molecule has 24 heavy (non-hydrogen) atoms. The van der Waals surface area contributed by atoms with Gasteiger partial charge in [-0.1, -0.05) is 11.6 Å². The lowest BCUT2D eigenvalue weighted by Crippen LogP contribution is -2.09. The molecule has 0 saturated carbocycles. The van der Waals surface area contributed by atoms with Gasteiger partial charge in [-0.2, -0.15) is 4.37 Å². The van der Waals surface area contributed by atoms with Crippen molar-refractivity contribution in [3.63, 3.8) is 0 Å². The highest BCUT2D eigenvalue weighted by Crippen LogP contribution is 2.40. The summed E-state index contributed by atoms with van der Waals surface area (Å²) in [6.07, 6.45) is 1.49.